The Morgan fingerprint density at radius 1 is 1.09 bits per heavy atom. The molecule has 2 heterocycles. The molecule has 3 amide bonds. The summed E-state index contributed by atoms with van der Waals surface area (Å²) in [5, 5.41) is 2.66. The summed E-state index contributed by atoms with van der Waals surface area (Å²) in [5.41, 5.74) is 0.0512. The second kappa shape index (κ2) is 6.36. The maximum atomic E-state index is 13.7. The zero-order valence-electron chi connectivity index (χ0n) is 12.6. The van der Waals surface area contributed by atoms with Crippen LogP contribution in [0.5, 0.6) is 0 Å². The Kier molecular flexibility index (Phi) is 4.27. The van der Waals surface area contributed by atoms with Crippen molar-refractivity contribution in [2.45, 2.75) is 18.9 Å². The Morgan fingerprint density at radius 3 is 2.35 bits per heavy atom. The highest BCUT2D eigenvalue weighted by Gasteiger charge is 2.33. The summed E-state index contributed by atoms with van der Waals surface area (Å²) < 4.78 is 13.7. The smallest absolute Gasteiger partial charge is 0.256 e. The second-order valence-electron chi connectivity index (χ2n) is 5.76. The molecular weight excluding hydrogens is 301 g/mol. The van der Waals surface area contributed by atoms with Crippen molar-refractivity contribution in [1.29, 1.82) is 0 Å². The molecule has 2 fully saturated rings. The summed E-state index contributed by atoms with van der Waals surface area (Å²) >= 11 is 0. The molecule has 0 aliphatic carbocycles. The summed E-state index contributed by atoms with van der Waals surface area (Å²) in [7, 11) is 0. The van der Waals surface area contributed by atoms with Crippen molar-refractivity contribution < 1.29 is 18.8 Å². The number of halogens is 1. The number of hydrogen-bond donors (Lipinski definition) is 1. The third-order valence-electron chi connectivity index (χ3n) is 4.28. The highest BCUT2D eigenvalue weighted by Crippen LogP contribution is 2.15. The van der Waals surface area contributed by atoms with Crippen LogP contribution in [-0.4, -0.2) is 59.7 Å². The average Bonchev–Trinajstić information content (AvgIpc) is 3.01. The van der Waals surface area contributed by atoms with E-state index in [1.807, 2.05) is 0 Å². The first kappa shape index (κ1) is 15.5. The topological polar surface area (TPSA) is 69.7 Å². The van der Waals surface area contributed by atoms with Crippen LogP contribution in [0.15, 0.2) is 24.3 Å². The molecule has 0 radical (unpaired) electrons. The highest BCUT2D eigenvalue weighted by molar-refractivity contribution is 5.95. The molecular formula is C16H18FN3O3. The number of piperazine rings is 1. The molecule has 0 saturated carbocycles. The Balaban J connectivity index is 1.58. The highest BCUT2D eigenvalue weighted by atomic mass is 19.1. The lowest BCUT2D eigenvalue weighted by atomic mass is 10.1. The van der Waals surface area contributed by atoms with Gasteiger partial charge < -0.3 is 15.1 Å². The number of carbonyl (C=O) groups is 3. The number of rotatable bonds is 2. The fourth-order valence-corrected chi connectivity index (χ4v) is 2.95. The van der Waals surface area contributed by atoms with E-state index in [2.05, 4.69) is 5.32 Å². The van der Waals surface area contributed by atoms with Crippen molar-refractivity contribution in [2.75, 3.05) is 26.2 Å². The fraction of sp³-hybridized carbons (Fsp3) is 0.438. The van der Waals surface area contributed by atoms with E-state index >= 15 is 0 Å². The van der Waals surface area contributed by atoms with E-state index < -0.39 is 11.9 Å². The molecule has 0 aromatic heterocycles. The van der Waals surface area contributed by atoms with Crippen LogP contribution in [0.1, 0.15) is 23.2 Å². The van der Waals surface area contributed by atoms with E-state index in [1.165, 1.54) is 12.1 Å². The number of hydrogen-bond acceptors (Lipinski definition) is 3. The Morgan fingerprint density at radius 2 is 1.74 bits per heavy atom. The molecule has 23 heavy (non-hydrogen) atoms. The predicted octanol–water partition coefficient (Wildman–Crippen LogP) is 0.389. The van der Waals surface area contributed by atoms with Crippen molar-refractivity contribution >= 4 is 17.7 Å². The molecule has 0 spiro atoms. The van der Waals surface area contributed by atoms with Crippen molar-refractivity contribution in [3.8, 4) is 0 Å². The second-order valence-corrected chi connectivity index (χ2v) is 5.76. The number of amides is 3. The summed E-state index contributed by atoms with van der Waals surface area (Å²) in [6, 6.07) is 5.44. The lowest BCUT2D eigenvalue weighted by Crippen LogP contribution is -2.54. The normalized spacial score (nSPS) is 21.3. The zero-order chi connectivity index (χ0) is 16.4. The maximum Gasteiger partial charge on any atom is 0.256 e. The first-order valence-corrected chi connectivity index (χ1v) is 7.68. The lowest BCUT2D eigenvalue weighted by Gasteiger charge is -2.36. The number of nitrogens with one attached hydrogen (secondary N) is 1. The van der Waals surface area contributed by atoms with Gasteiger partial charge in [0, 0.05) is 32.6 Å². The van der Waals surface area contributed by atoms with Gasteiger partial charge in [0.15, 0.2) is 0 Å². The maximum absolute atomic E-state index is 13.7. The van der Waals surface area contributed by atoms with Crippen LogP contribution in [0.4, 0.5) is 4.39 Å². The van der Waals surface area contributed by atoms with Gasteiger partial charge in [-0.05, 0) is 18.6 Å². The predicted molar refractivity (Wildman–Crippen MR) is 80.0 cm³/mol. The Bertz CT molecular complexity index is 641. The SMILES string of the molecule is O=C1CCC(C(=O)N2CCN(C(=O)c3ccccc3F)CC2)N1. The van der Waals surface area contributed by atoms with Gasteiger partial charge >= 0.3 is 0 Å². The van der Waals surface area contributed by atoms with Gasteiger partial charge in [-0.25, -0.2) is 4.39 Å². The first-order chi connectivity index (χ1) is 11.1. The third-order valence-corrected chi connectivity index (χ3v) is 4.28. The van der Waals surface area contributed by atoms with Crippen LogP contribution in [0.3, 0.4) is 0 Å². The largest absolute Gasteiger partial charge is 0.344 e. The monoisotopic (exact) mass is 319 g/mol. The van der Waals surface area contributed by atoms with Crippen molar-refractivity contribution in [2.24, 2.45) is 0 Å². The van der Waals surface area contributed by atoms with E-state index in [1.54, 1.807) is 21.9 Å². The summed E-state index contributed by atoms with van der Waals surface area (Å²) in [6.07, 6.45) is 0.897. The van der Waals surface area contributed by atoms with Crippen LogP contribution in [0.2, 0.25) is 0 Å². The molecule has 6 nitrogen and oxygen atoms in total. The number of carbonyl (C=O) groups excluding carboxylic acids is 3. The molecule has 1 atom stereocenters. The minimum absolute atomic E-state index is 0.0512. The molecule has 1 aromatic carbocycles. The Labute approximate surface area is 133 Å². The minimum atomic E-state index is -0.537. The quantitative estimate of drug-likeness (QED) is 0.857. The van der Waals surface area contributed by atoms with E-state index in [9.17, 15) is 18.8 Å². The van der Waals surface area contributed by atoms with E-state index in [4.69, 9.17) is 0 Å². The molecule has 1 N–H and O–H groups in total. The molecule has 2 aliphatic rings. The van der Waals surface area contributed by atoms with Gasteiger partial charge in [-0.3, -0.25) is 14.4 Å². The van der Waals surface area contributed by atoms with Gasteiger partial charge in [-0.1, -0.05) is 12.1 Å². The van der Waals surface area contributed by atoms with Gasteiger partial charge in [0.1, 0.15) is 11.9 Å². The van der Waals surface area contributed by atoms with Crippen molar-refractivity contribution in [3.63, 3.8) is 0 Å². The number of benzene rings is 1. The molecule has 7 heteroatoms. The summed E-state index contributed by atoms with van der Waals surface area (Å²) in [6.45, 7) is 1.51. The number of nitrogens with zero attached hydrogens (tertiary/aromatic N) is 2. The van der Waals surface area contributed by atoms with E-state index in [0.29, 0.717) is 39.0 Å². The average molecular weight is 319 g/mol. The molecule has 122 valence electrons. The molecule has 3 rings (SSSR count). The molecule has 1 aromatic rings. The van der Waals surface area contributed by atoms with Gasteiger partial charge in [0.05, 0.1) is 5.56 Å². The summed E-state index contributed by atoms with van der Waals surface area (Å²) in [4.78, 5) is 39.0. The fourth-order valence-electron chi connectivity index (χ4n) is 2.95. The van der Waals surface area contributed by atoms with Crippen molar-refractivity contribution in [3.05, 3.63) is 35.6 Å². The van der Waals surface area contributed by atoms with Gasteiger partial charge in [-0.15, -0.1) is 0 Å². The van der Waals surface area contributed by atoms with E-state index in [-0.39, 0.29) is 23.3 Å². The standard InChI is InChI=1S/C16H18FN3O3/c17-12-4-2-1-3-11(12)15(22)19-7-9-20(10-8-19)16(23)13-5-6-14(21)18-13/h1-4,13H,5-10H2,(H,18,21). The first-order valence-electron chi connectivity index (χ1n) is 7.68. The van der Waals surface area contributed by atoms with Crippen LogP contribution in [0.25, 0.3) is 0 Å². The molecule has 1 unspecified atom stereocenters. The third kappa shape index (κ3) is 3.18. The molecule has 2 aliphatic heterocycles. The van der Waals surface area contributed by atoms with Crippen molar-refractivity contribution in [1.82, 2.24) is 15.1 Å². The molecule has 0 bridgehead atoms. The van der Waals surface area contributed by atoms with Crippen LogP contribution < -0.4 is 5.32 Å². The summed E-state index contributed by atoms with van der Waals surface area (Å²) in [5.74, 6) is -1.10. The zero-order valence-corrected chi connectivity index (χ0v) is 12.6. The van der Waals surface area contributed by atoms with Gasteiger partial charge in [0.2, 0.25) is 11.8 Å². The van der Waals surface area contributed by atoms with Crippen LogP contribution in [-0.2, 0) is 9.59 Å². The Hall–Kier alpha value is -2.44. The molecule has 2 saturated heterocycles. The lowest BCUT2D eigenvalue weighted by molar-refractivity contribution is -0.135. The minimum Gasteiger partial charge on any atom is -0.344 e. The van der Waals surface area contributed by atoms with Gasteiger partial charge in [-0.2, -0.15) is 0 Å². The van der Waals surface area contributed by atoms with E-state index in [0.717, 1.165) is 0 Å². The van der Waals surface area contributed by atoms with Gasteiger partial charge in [0.25, 0.3) is 5.91 Å². The van der Waals surface area contributed by atoms with Crippen LogP contribution in [0, 0.1) is 5.82 Å². The van der Waals surface area contributed by atoms with Crippen LogP contribution >= 0.6 is 0 Å².